The van der Waals surface area contributed by atoms with Crippen molar-refractivity contribution >= 4 is 29.1 Å². The van der Waals surface area contributed by atoms with Gasteiger partial charge in [0, 0.05) is 17.3 Å². The Balaban J connectivity index is 1.72. The first-order valence-electron chi connectivity index (χ1n) is 7.28. The number of benzene rings is 1. The van der Waals surface area contributed by atoms with Crippen molar-refractivity contribution in [2.24, 2.45) is 0 Å². The lowest BCUT2D eigenvalue weighted by Gasteiger charge is -2.17. The number of carbonyl (C=O) groups excluding carboxylic acids is 2. The molecule has 1 atom stereocenters. The van der Waals surface area contributed by atoms with Crippen LogP contribution in [0.2, 0.25) is 5.02 Å². The molecule has 2 aromatic rings. The molecular formula is C16H16ClN3O3. The van der Waals surface area contributed by atoms with Gasteiger partial charge in [-0.2, -0.15) is 0 Å². The molecule has 0 bridgehead atoms. The molecule has 1 aromatic carbocycles. The third kappa shape index (κ3) is 2.94. The van der Waals surface area contributed by atoms with Gasteiger partial charge < -0.3 is 14.7 Å². The molecule has 0 aliphatic carbocycles. The predicted octanol–water partition coefficient (Wildman–Crippen LogP) is 2.48. The molecule has 1 N–H and O–H groups in total. The Morgan fingerprint density at radius 2 is 2.04 bits per heavy atom. The van der Waals surface area contributed by atoms with Crippen LogP contribution in [-0.2, 0) is 4.79 Å². The first-order chi connectivity index (χ1) is 11.0. The van der Waals surface area contributed by atoms with Gasteiger partial charge in [0.1, 0.15) is 17.4 Å². The standard InChI is InChI=1S/C16H16ClN3O3/c1-9-14(10(2)23-19-9)15(21)18-13-7-8-20(16(13)22)12-5-3-11(17)4-6-12/h3-6,13H,7-8H2,1-2H3,(H,18,21)/t13-/m1/s1. The number of aromatic nitrogens is 1. The number of carbonyl (C=O) groups is 2. The number of halogens is 1. The van der Waals surface area contributed by atoms with Crippen LogP contribution in [-0.4, -0.2) is 29.6 Å². The number of aryl methyl sites for hydroxylation is 2. The SMILES string of the molecule is Cc1noc(C)c1C(=O)N[C@@H]1CCN(c2ccc(Cl)cc2)C1=O. The van der Waals surface area contributed by atoms with Crippen LogP contribution in [0.4, 0.5) is 5.69 Å². The van der Waals surface area contributed by atoms with Crippen molar-refractivity contribution in [2.75, 3.05) is 11.4 Å². The van der Waals surface area contributed by atoms with E-state index < -0.39 is 6.04 Å². The van der Waals surface area contributed by atoms with Gasteiger partial charge in [0.2, 0.25) is 5.91 Å². The van der Waals surface area contributed by atoms with Crippen LogP contribution in [0.5, 0.6) is 0 Å². The lowest BCUT2D eigenvalue weighted by Crippen LogP contribution is -2.41. The van der Waals surface area contributed by atoms with Gasteiger partial charge in [0.25, 0.3) is 5.91 Å². The number of amides is 2. The zero-order chi connectivity index (χ0) is 16.6. The fraction of sp³-hybridized carbons (Fsp3) is 0.312. The Labute approximate surface area is 138 Å². The van der Waals surface area contributed by atoms with Crippen LogP contribution < -0.4 is 10.2 Å². The van der Waals surface area contributed by atoms with Gasteiger partial charge in [-0.1, -0.05) is 16.8 Å². The number of hydrogen-bond donors (Lipinski definition) is 1. The average Bonchev–Trinajstić information content (AvgIpc) is 3.04. The van der Waals surface area contributed by atoms with Crippen LogP contribution in [0.15, 0.2) is 28.8 Å². The number of rotatable bonds is 3. The summed E-state index contributed by atoms with van der Waals surface area (Å²) in [5, 5.41) is 7.14. The molecular weight excluding hydrogens is 318 g/mol. The molecule has 1 aliphatic heterocycles. The smallest absolute Gasteiger partial charge is 0.257 e. The fourth-order valence-corrected chi connectivity index (χ4v) is 2.85. The summed E-state index contributed by atoms with van der Waals surface area (Å²) in [7, 11) is 0. The molecule has 23 heavy (non-hydrogen) atoms. The van der Waals surface area contributed by atoms with Crippen molar-refractivity contribution in [3.05, 3.63) is 46.3 Å². The van der Waals surface area contributed by atoms with Crippen molar-refractivity contribution in [3.8, 4) is 0 Å². The maximum absolute atomic E-state index is 12.5. The summed E-state index contributed by atoms with van der Waals surface area (Å²) in [6, 6.07) is 6.50. The molecule has 1 aliphatic rings. The maximum Gasteiger partial charge on any atom is 0.257 e. The predicted molar refractivity (Wildman–Crippen MR) is 85.7 cm³/mol. The molecule has 1 saturated heterocycles. The zero-order valence-electron chi connectivity index (χ0n) is 12.8. The third-order valence-electron chi connectivity index (χ3n) is 3.91. The van der Waals surface area contributed by atoms with Gasteiger partial charge in [0.05, 0.1) is 5.69 Å². The molecule has 2 amide bonds. The largest absolute Gasteiger partial charge is 0.361 e. The normalized spacial score (nSPS) is 17.6. The molecule has 0 saturated carbocycles. The second-order valence-electron chi connectivity index (χ2n) is 5.48. The molecule has 0 spiro atoms. The third-order valence-corrected chi connectivity index (χ3v) is 4.16. The Bertz CT molecular complexity index is 735. The van der Waals surface area contributed by atoms with Crippen LogP contribution in [0, 0.1) is 13.8 Å². The second-order valence-corrected chi connectivity index (χ2v) is 5.92. The molecule has 7 heteroatoms. The second kappa shape index (κ2) is 6.04. The maximum atomic E-state index is 12.5. The van der Waals surface area contributed by atoms with E-state index in [0.717, 1.165) is 5.69 Å². The number of hydrogen-bond acceptors (Lipinski definition) is 4. The van der Waals surface area contributed by atoms with E-state index in [9.17, 15) is 9.59 Å². The monoisotopic (exact) mass is 333 g/mol. The summed E-state index contributed by atoms with van der Waals surface area (Å²) in [4.78, 5) is 26.5. The van der Waals surface area contributed by atoms with Crippen LogP contribution in [0.1, 0.15) is 28.2 Å². The van der Waals surface area contributed by atoms with Gasteiger partial charge in [-0.25, -0.2) is 0 Å². The van der Waals surface area contributed by atoms with E-state index in [4.69, 9.17) is 16.1 Å². The minimum atomic E-state index is -0.549. The van der Waals surface area contributed by atoms with E-state index in [1.54, 1.807) is 43.0 Å². The first kappa shape index (κ1) is 15.6. The molecule has 2 heterocycles. The van der Waals surface area contributed by atoms with Crippen LogP contribution >= 0.6 is 11.6 Å². The van der Waals surface area contributed by atoms with E-state index in [-0.39, 0.29) is 11.8 Å². The van der Waals surface area contributed by atoms with Crippen molar-refractivity contribution in [1.29, 1.82) is 0 Å². The van der Waals surface area contributed by atoms with E-state index >= 15 is 0 Å². The van der Waals surface area contributed by atoms with Gasteiger partial charge in [-0.05, 0) is 44.5 Å². The highest BCUT2D eigenvalue weighted by Crippen LogP contribution is 2.24. The Morgan fingerprint density at radius 3 is 2.65 bits per heavy atom. The topological polar surface area (TPSA) is 75.4 Å². The van der Waals surface area contributed by atoms with E-state index in [1.807, 2.05) is 0 Å². The number of anilines is 1. The molecule has 0 radical (unpaired) electrons. The lowest BCUT2D eigenvalue weighted by atomic mass is 10.1. The van der Waals surface area contributed by atoms with Crippen LogP contribution in [0.3, 0.4) is 0 Å². The molecule has 3 rings (SSSR count). The fourth-order valence-electron chi connectivity index (χ4n) is 2.73. The summed E-state index contributed by atoms with van der Waals surface area (Å²) < 4.78 is 4.99. The quantitative estimate of drug-likeness (QED) is 0.936. The van der Waals surface area contributed by atoms with Crippen molar-refractivity contribution in [3.63, 3.8) is 0 Å². The summed E-state index contributed by atoms with van der Waals surface area (Å²) in [5.74, 6) is -0.0232. The van der Waals surface area contributed by atoms with E-state index in [0.29, 0.717) is 35.0 Å². The van der Waals surface area contributed by atoms with Crippen molar-refractivity contribution in [2.45, 2.75) is 26.3 Å². The highest BCUT2D eigenvalue weighted by atomic mass is 35.5. The van der Waals surface area contributed by atoms with Gasteiger partial charge in [0.15, 0.2) is 0 Å². The molecule has 1 fully saturated rings. The van der Waals surface area contributed by atoms with Gasteiger partial charge in [-0.3, -0.25) is 9.59 Å². The Hall–Kier alpha value is -2.34. The van der Waals surface area contributed by atoms with Gasteiger partial charge >= 0.3 is 0 Å². The highest BCUT2D eigenvalue weighted by molar-refractivity contribution is 6.30. The van der Waals surface area contributed by atoms with Crippen molar-refractivity contribution < 1.29 is 14.1 Å². The molecule has 120 valence electrons. The first-order valence-corrected chi connectivity index (χ1v) is 7.66. The van der Waals surface area contributed by atoms with E-state index in [2.05, 4.69) is 10.5 Å². The molecule has 6 nitrogen and oxygen atoms in total. The Kier molecular flexibility index (Phi) is 4.09. The summed E-state index contributed by atoms with van der Waals surface area (Å²) in [6.45, 7) is 3.92. The summed E-state index contributed by atoms with van der Waals surface area (Å²) >= 11 is 5.86. The number of nitrogens with one attached hydrogen (secondary N) is 1. The number of nitrogens with zero attached hydrogens (tertiary/aromatic N) is 2. The minimum Gasteiger partial charge on any atom is -0.361 e. The van der Waals surface area contributed by atoms with Crippen molar-refractivity contribution in [1.82, 2.24) is 10.5 Å². The minimum absolute atomic E-state index is 0.132. The Morgan fingerprint density at radius 1 is 1.35 bits per heavy atom. The van der Waals surface area contributed by atoms with Crippen LogP contribution in [0.25, 0.3) is 0 Å². The average molecular weight is 334 g/mol. The molecule has 1 aromatic heterocycles. The summed E-state index contributed by atoms with van der Waals surface area (Å²) in [6.07, 6.45) is 0.552. The zero-order valence-corrected chi connectivity index (χ0v) is 13.6. The van der Waals surface area contributed by atoms with E-state index in [1.165, 1.54) is 0 Å². The lowest BCUT2D eigenvalue weighted by molar-refractivity contribution is -0.118. The van der Waals surface area contributed by atoms with Gasteiger partial charge in [-0.15, -0.1) is 0 Å². The molecule has 0 unspecified atom stereocenters. The highest BCUT2D eigenvalue weighted by Gasteiger charge is 2.34. The summed E-state index contributed by atoms with van der Waals surface area (Å²) in [5.41, 5.74) is 1.68.